The number of ether oxygens (including phenoxy) is 1. The van der Waals surface area contributed by atoms with Gasteiger partial charge in [0.25, 0.3) is 0 Å². The van der Waals surface area contributed by atoms with E-state index in [0.29, 0.717) is 22.2 Å². The molecule has 156 valence electrons. The van der Waals surface area contributed by atoms with E-state index in [-0.39, 0.29) is 12.4 Å². The number of nitrogens with one attached hydrogen (secondary N) is 1. The molecule has 2 aromatic carbocycles. The Morgan fingerprint density at radius 2 is 1.77 bits per heavy atom. The Bertz CT molecular complexity index is 1150. The summed E-state index contributed by atoms with van der Waals surface area (Å²) in [5.74, 6) is -0.339. The Morgan fingerprint density at radius 3 is 2.50 bits per heavy atom. The molecule has 0 bridgehead atoms. The van der Waals surface area contributed by atoms with Crippen LogP contribution >= 0.6 is 0 Å². The highest BCUT2D eigenvalue weighted by Crippen LogP contribution is 2.26. The molecule has 8 nitrogen and oxygen atoms in total. The van der Waals surface area contributed by atoms with Crippen molar-refractivity contribution in [2.24, 2.45) is 0 Å². The van der Waals surface area contributed by atoms with E-state index in [1.54, 1.807) is 69.3 Å². The molecule has 0 spiro atoms. The van der Waals surface area contributed by atoms with Gasteiger partial charge in [-0.25, -0.2) is 14.6 Å². The number of aromatic nitrogens is 1. The summed E-state index contributed by atoms with van der Waals surface area (Å²) in [6.07, 6.45) is -0.604. The predicted molar refractivity (Wildman–Crippen MR) is 113 cm³/mol. The molecule has 0 aliphatic heterocycles. The van der Waals surface area contributed by atoms with Crippen LogP contribution < -0.4 is 10.9 Å². The monoisotopic (exact) mass is 409 g/mol. The Hall–Kier alpha value is -3.68. The number of hydrogen-bond donors (Lipinski definition) is 1. The number of anilines is 1. The van der Waals surface area contributed by atoms with Gasteiger partial charge >= 0.3 is 11.7 Å². The standard InChI is InChI=1S/C22H23N3O5/c1-22(2,3)30-21(28)25(4)13-18(26)23-16-11-7-5-9-14(16)19-24-17-12-8-6-10-15(17)20(27)29-19/h5-12H,13H2,1-4H3,(H,23,26). The quantitative estimate of drug-likeness (QED) is 0.706. The zero-order valence-electron chi connectivity index (χ0n) is 17.3. The van der Waals surface area contributed by atoms with Crippen LogP contribution in [0.1, 0.15) is 20.8 Å². The largest absolute Gasteiger partial charge is 0.444 e. The van der Waals surface area contributed by atoms with Gasteiger partial charge in [0, 0.05) is 7.05 Å². The first-order valence-electron chi connectivity index (χ1n) is 9.37. The molecule has 3 aromatic rings. The molecular formula is C22H23N3O5. The van der Waals surface area contributed by atoms with Gasteiger partial charge in [0.15, 0.2) is 0 Å². The van der Waals surface area contributed by atoms with E-state index in [4.69, 9.17) is 9.15 Å². The average molecular weight is 409 g/mol. The minimum absolute atomic E-state index is 0.0927. The van der Waals surface area contributed by atoms with E-state index < -0.39 is 23.2 Å². The summed E-state index contributed by atoms with van der Waals surface area (Å²) < 4.78 is 10.6. The molecule has 2 amide bonds. The fourth-order valence-corrected chi connectivity index (χ4v) is 2.72. The van der Waals surface area contributed by atoms with Gasteiger partial charge in [-0.2, -0.15) is 0 Å². The van der Waals surface area contributed by atoms with E-state index in [1.165, 1.54) is 11.9 Å². The number of rotatable bonds is 4. The molecule has 1 aromatic heterocycles. The molecule has 0 saturated heterocycles. The van der Waals surface area contributed by atoms with Crippen molar-refractivity contribution in [2.45, 2.75) is 26.4 Å². The van der Waals surface area contributed by atoms with Gasteiger partial charge in [-0.05, 0) is 45.0 Å². The molecule has 0 aliphatic carbocycles. The minimum atomic E-state index is -0.659. The third-order valence-corrected chi connectivity index (χ3v) is 4.05. The first-order valence-corrected chi connectivity index (χ1v) is 9.37. The molecule has 30 heavy (non-hydrogen) atoms. The fraction of sp³-hybridized carbons (Fsp3) is 0.273. The summed E-state index contributed by atoms with van der Waals surface area (Å²) in [4.78, 5) is 42.4. The van der Waals surface area contributed by atoms with Crippen LogP contribution in [0.2, 0.25) is 0 Å². The summed E-state index contributed by atoms with van der Waals surface area (Å²) in [7, 11) is 1.48. The smallest absolute Gasteiger partial charge is 0.410 e. The lowest BCUT2D eigenvalue weighted by Gasteiger charge is -2.24. The minimum Gasteiger partial charge on any atom is -0.444 e. The second-order valence-corrected chi connectivity index (χ2v) is 7.75. The second-order valence-electron chi connectivity index (χ2n) is 7.75. The molecule has 0 saturated carbocycles. The van der Waals surface area contributed by atoms with Gasteiger partial charge in [-0.1, -0.05) is 24.3 Å². The molecule has 0 fully saturated rings. The molecule has 3 rings (SSSR count). The van der Waals surface area contributed by atoms with Gasteiger partial charge in [-0.15, -0.1) is 0 Å². The topological polar surface area (TPSA) is 102 Å². The van der Waals surface area contributed by atoms with Crippen LogP contribution in [0.15, 0.2) is 57.7 Å². The van der Waals surface area contributed by atoms with Crippen molar-refractivity contribution in [1.82, 2.24) is 9.88 Å². The summed E-state index contributed by atoms with van der Waals surface area (Å²) in [6, 6.07) is 13.7. The number of hydrogen-bond acceptors (Lipinski definition) is 6. The van der Waals surface area contributed by atoms with Crippen molar-refractivity contribution < 1.29 is 18.7 Å². The maximum absolute atomic E-state index is 12.5. The van der Waals surface area contributed by atoms with E-state index in [1.807, 2.05) is 0 Å². The molecule has 1 heterocycles. The number of benzene rings is 2. The molecule has 0 atom stereocenters. The summed E-state index contributed by atoms with van der Waals surface area (Å²) in [5, 5.41) is 3.11. The number of likely N-dealkylation sites (N-methyl/N-ethyl adjacent to an activating group) is 1. The van der Waals surface area contributed by atoms with Crippen molar-refractivity contribution in [2.75, 3.05) is 18.9 Å². The third-order valence-electron chi connectivity index (χ3n) is 4.05. The van der Waals surface area contributed by atoms with E-state index in [0.717, 1.165) is 0 Å². The maximum atomic E-state index is 12.5. The fourth-order valence-electron chi connectivity index (χ4n) is 2.72. The van der Waals surface area contributed by atoms with E-state index in [9.17, 15) is 14.4 Å². The molecule has 8 heteroatoms. The van der Waals surface area contributed by atoms with Gasteiger partial charge < -0.3 is 19.4 Å². The van der Waals surface area contributed by atoms with Crippen LogP contribution in [0.5, 0.6) is 0 Å². The van der Waals surface area contributed by atoms with E-state index >= 15 is 0 Å². The van der Waals surface area contributed by atoms with Gasteiger partial charge in [0.05, 0.1) is 22.2 Å². The normalized spacial score (nSPS) is 11.2. The Morgan fingerprint density at radius 1 is 1.10 bits per heavy atom. The molecular weight excluding hydrogens is 386 g/mol. The Balaban J connectivity index is 1.82. The van der Waals surface area contributed by atoms with Gasteiger partial charge in [0.2, 0.25) is 11.8 Å². The van der Waals surface area contributed by atoms with Gasteiger partial charge in [-0.3, -0.25) is 4.79 Å². The highest BCUT2D eigenvalue weighted by molar-refractivity contribution is 5.97. The average Bonchev–Trinajstić information content (AvgIpc) is 2.67. The van der Waals surface area contributed by atoms with Crippen molar-refractivity contribution in [3.05, 3.63) is 59.0 Å². The Labute approximate surface area is 173 Å². The van der Waals surface area contributed by atoms with Crippen molar-refractivity contribution in [3.8, 4) is 11.5 Å². The lowest BCUT2D eigenvalue weighted by Crippen LogP contribution is -2.38. The van der Waals surface area contributed by atoms with Crippen LogP contribution in [-0.4, -0.2) is 41.1 Å². The van der Waals surface area contributed by atoms with Crippen LogP contribution in [0.3, 0.4) is 0 Å². The number of carbonyl (C=O) groups is 2. The molecule has 0 radical (unpaired) electrons. The lowest BCUT2D eigenvalue weighted by atomic mass is 10.1. The summed E-state index contributed by atoms with van der Waals surface area (Å²) in [5.41, 5.74) is 0.184. The zero-order chi connectivity index (χ0) is 21.9. The van der Waals surface area contributed by atoms with E-state index in [2.05, 4.69) is 10.3 Å². The highest BCUT2D eigenvalue weighted by atomic mass is 16.6. The lowest BCUT2D eigenvalue weighted by molar-refractivity contribution is -0.117. The van der Waals surface area contributed by atoms with Crippen LogP contribution in [0, 0.1) is 0 Å². The number of nitrogens with zero attached hydrogens (tertiary/aromatic N) is 2. The number of amides is 2. The number of fused-ring (bicyclic) bond motifs is 1. The number of carbonyl (C=O) groups excluding carboxylic acids is 2. The molecule has 1 N–H and O–H groups in total. The SMILES string of the molecule is CN(CC(=O)Nc1ccccc1-c1nc2ccccc2c(=O)o1)C(=O)OC(C)(C)C. The zero-order valence-corrected chi connectivity index (χ0v) is 17.3. The third kappa shape index (κ3) is 5.02. The molecule has 0 unspecified atom stereocenters. The highest BCUT2D eigenvalue weighted by Gasteiger charge is 2.22. The predicted octanol–water partition coefficient (Wildman–Crippen LogP) is 3.66. The van der Waals surface area contributed by atoms with Crippen molar-refractivity contribution in [1.29, 1.82) is 0 Å². The van der Waals surface area contributed by atoms with Crippen molar-refractivity contribution >= 4 is 28.6 Å². The van der Waals surface area contributed by atoms with Crippen molar-refractivity contribution in [3.63, 3.8) is 0 Å². The Kier molecular flexibility index (Phi) is 5.86. The summed E-state index contributed by atoms with van der Waals surface area (Å²) in [6.45, 7) is 5.04. The number of para-hydroxylation sites is 2. The molecule has 0 aliphatic rings. The second kappa shape index (κ2) is 8.36. The first kappa shape index (κ1) is 21.0. The van der Waals surface area contributed by atoms with Crippen LogP contribution in [-0.2, 0) is 9.53 Å². The van der Waals surface area contributed by atoms with Gasteiger partial charge in [0.1, 0.15) is 12.1 Å². The summed E-state index contributed by atoms with van der Waals surface area (Å²) >= 11 is 0. The van der Waals surface area contributed by atoms with Crippen LogP contribution in [0.25, 0.3) is 22.4 Å². The van der Waals surface area contributed by atoms with Crippen LogP contribution in [0.4, 0.5) is 10.5 Å². The first-order chi connectivity index (χ1) is 14.1. The maximum Gasteiger partial charge on any atom is 0.410 e.